The minimum Gasteiger partial charge on any atom is -0.504 e. The van der Waals surface area contributed by atoms with Crippen LogP contribution >= 0.6 is 0 Å². The lowest BCUT2D eigenvalue weighted by Gasteiger charge is -2.42. The summed E-state index contributed by atoms with van der Waals surface area (Å²) in [7, 11) is 1.61. The van der Waals surface area contributed by atoms with Gasteiger partial charge in [-0.15, -0.1) is 0 Å². The minimum absolute atomic E-state index is 0.0152. The Bertz CT molecular complexity index is 431. The van der Waals surface area contributed by atoms with Gasteiger partial charge < -0.3 is 15.6 Å². The summed E-state index contributed by atoms with van der Waals surface area (Å²) in [6.07, 6.45) is 3.37. The number of aryl methyl sites for hydroxylation is 1. The molecule has 0 radical (unpaired) electrons. The molecule has 3 nitrogen and oxygen atoms in total. The van der Waals surface area contributed by atoms with Crippen LogP contribution in [0.5, 0.6) is 11.5 Å². The molecule has 0 aliphatic heterocycles. The lowest BCUT2D eigenvalue weighted by Crippen LogP contribution is -2.41. The Morgan fingerprint density at radius 3 is 2.47 bits per heavy atom. The normalized spacial score (nSPS) is 17.6. The molecule has 0 amide bonds. The van der Waals surface area contributed by atoms with Gasteiger partial charge in [-0.2, -0.15) is 0 Å². The topological polar surface area (TPSA) is 55.5 Å². The Morgan fingerprint density at radius 1 is 1.41 bits per heavy atom. The van der Waals surface area contributed by atoms with E-state index in [2.05, 4.69) is 6.07 Å². The highest BCUT2D eigenvalue weighted by atomic mass is 16.5. The van der Waals surface area contributed by atoms with Crippen LogP contribution in [0, 0.1) is 13.8 Å². The molecule has 2 rings (SSSR count). The van der Waals surface area contributed by atoms with Crippen LogP contribution in [0.25, 0.3) is 0 Å². The molecule has 0 atom stereocenters. The maximum Gasteiger partial charge on any atom is 0.164 e. The van der Waals surface area contributed by atoms with Gasteiger partial charge in [0.25, 0.3) is 0 Å². The van der Waals surface area contributed by atoms with E-state index in [0.717, 1.165) is 29.5 Å². The second-order valence-corrected chi connectivity index (χ2v) is 5.09. The van der Waals surface area contributed by atoms with E-state index in [1.54, 1.807) is 7.11 Å². The predicted molar refractivity (Wildman–Crippen MR) is 68.7 cm³/mol. The van der Waals surface area contributed by atoms with Gasteiger partial charge in [-0.3, -0.25) is 0 Å². The summed E-state index contributed by atoms with van der Waals surface area (Å²) in [5.41, 5.74) is 9.00. The highest BCUT2D eigenvalue weighted by molar-refractivity contribution is 5.57. The van der Waals surface area contributed by atoms with Crippen LogP contribution in [0.15, 0.2) is 6.07 Å². The van der Waals surface area contributed by atoms with Crippen molar-refractivity contribution < 1.29 is 9.84 Å². The molecule has 3 heteroatoms. The van der Waals surface area contributed by atoms with Gasteiger partial charge in [0, 0.05) is 17.5 Å². The number of phenols is 1. The number of benzene rings is 1. The molecule has 1 aromatic rings. The molecule has 0 aromatic heterocycles. The van der Waals surface area contributed by atoms with E-state index in [-0.39, 0.29) is 11.2 Å². The van der Waals surface area contributed by atoms with Crippen LogP contribution in [-0.4, -0.2) is 18.8 Å². The van der Waals surface area contributed by atoms with Crippen molar-refractivity contribution in [3.8, 4) is 11.5 Å². The average molecular weight is 235 g/mol. The van der Waals surface area contributed by atoms with E-state index < -0.39 is 0 Å². The van der Waals surface area contributed by atoms with E-state index in [1.165, 1.54) is 6.42 Å². The number of aromatic hydroxyl groups is 1. The molecule has 0 bridgehead atoms. The van der Waals surface area contributed by atoms with Crippen molar-refractivity contribution in [1.29, 1.82) is 0 Å². The van der Waals surface area contributed by atoms with Crippen molar-refractivity contribution in [3.05, 3.63) is 22.8 Å². The number of hydrogen-bond donors (Lipinski definition) is 2. The highest BCUT2D eigenvalue weighted by Gasteiger charge is 2.40. The van der Waals surface area contributed by atoms with Gasteiger partial charge in [-0.25, -0.2) is 0 Å². The van der Waals surface area contributed by atoms with Gasteiger partial charge in [-0.1, -0.05) is 12.5 Å². The summed E-state index contributed by atoms with van der Waals surface area (Å²) in [5.74, 6) is 0.875. The van der Waals surface area contributed by atoms with E-state index in [4.69, 9.17) is 10.5 Å². The third kappa shape index (κ3) is 1.69. The first kappa shape index (κ1) is 12.2. The first-order valence-corrected chi connectivity index (χ1v) is 6.13. The first-order valence-electron chi connectivity index (χ1n) is 6.13. The molecule has 0 saturated heterocycles. The van der Waals surface area contributed by atoms with Gasteiger partial charge >= 0.3 is 0 Å². The lowest BCUT2D eigenvalue weighted by molar-refractivity contribution is 0.240. The molecule has 3 N–H and O–H groups in total. The summed E-state index contributed by atoms with van der Waals surface area (Å²) in [6, 6.07) is 2.12. The standard InChI is InChI=1S/C14H21NO2/c1-9-7-11(14(8-15)5-4-6-14)13(17-3)12(16)10(9)2/h7,16H,4-6,8,15H2,1-3H3. The second-order valence-electron chi connectivity index (χ2n) is 5.09. The fraction of sp³-hybridized carbons (Fsp3) is 0.571. The van der Waals surface area contributed by atoms with Crippen LogP contribution in [0.3, 0.4) is 0 Å². The lowest BCUT2D eigenvalue weighted by atomic mass is 9.64. The predicted octanol–water partition coefficient (Wildman–Crippen LogP) is 2.40. The molecule has 0 unspecified atom stereocenters. The summed E-state index contributed by atoms with van der Waals surface area (Å²) in [6.45, 7) is 4.54. The molecule has 0 spiro atoms. The maximum atomic E-state index is 10.2. The van der Waals surface area contributed by atoms with Crippen molar-refractivity contribution in [2.75, 3.05) is 13.7 Å². The number of phenolic OH excluding ortho intramolecular Hbond substituents is 1. The zero-order valence-corrected chi connectivity index (χ0v) is 10.8. The Balaban J connectivity index is 2.60. The molecule has 17 heavy (non-hydrogen) atoms. The molecule has 1 fully saturated rings. The number of rotatable bonds is 3. The van der Waals surface area contributed by atoms with Gasteiger partial charge in [0.2, 0.25) is 0 Å². The zero-order valence-electron chi connectivity index (χ0n) is 10.8. The number of hydrogen-bond acceptors (Lipinski definition) is 3. The molecule has 94 valence electrons. The number of ether oxygens (including phenoxy) is 1. The van der Waals surface area contributed by atoms with Gasteiger partial charge in [-0.05, 0) is 37.8 Å². The van der Waals surface area contributed by atoms with Gasteiger partial charge in [0.05, 0.1) is 7.11 Å². The van der Waals surface area contributed by atoms with Crippen LogP contribution in [0.2, 0.25) is 0 Å². The Kier molecular flexibility index (Phi) is 3.04. The van der Waals surface area contributed by atoms with E-state index in [0.29, 0.717) is 12.3 Å². The van der Waals surface area contributed by atoms with Crippen LogP contribution < -0.4 is 10.5 Å². The summed E-state index contributed by atoms with van der Waals surface area (Å²) in [5, 5.41) is 10.2. The Labute approximate surface area is 103 Å². The molecular formula is C14H21NO2. The third-order valence-corrected chi connectivity index (χ3v) is 4.24. The zero-order chi connectivity index (χ0) is 12.6. The van der Waals surface area contributed by atoms with E-state index in [1.807, 2.05) is 13.8 Å². The fourth-order valence-corrected chi connectivity index (χ4v) is 2.66. The monoisotopic (exact) mass is 235 g/mol. The molecule has 1 aromatic carbocycles. The van der Waals surface area contributed by atoms with Crippen molar-refractivity contribution in [1.82, 2.24) is 0 Å². The Hall–Kier alpha value is -1.22. The third-order valence-electron chi connectivity index (χ3n) is 4.24. The Morgan fingerprint density at radius 2 is 2.06 bits per heavy atom. The van der Waals surface area contributed by atoms with Gasteiger partial charge in [0.1, 0.15) is 0 Å². The summed E-state index contributed by atoms with van der Waals surface area (Å²) < 4.78 is 5.39. The van der Waals surface area contributed by atoms with E-state index >= 15 is 0 Å². The maximum absolute atomic E-state index is 10.2. The first-order chi connectivity index (χ1) is 8.05. The highest BCUT2D eigenvalue weighted by Crippen LogP contribution is 2.50. The summed E-state index contributed by atoms with van der Waals surface area (Å²) >= 11 is 0. The van der Waals surface area contributed by atoms with Crippen molar-refractivity contribution in [2.45, 2.75) is 38.5 Å². The fourth-order valence-electron chi connectivity index (χ4n) is 2.66. The number of nitrogens with two attached hydrogens (primary N) is 1. The molecule has 1 aliphatic carbocycles. The van der Waals surface area contributed by atoms with E-state index in [9.17, 15) is 5.11 Å². The molecule has 0 heterocycles. The quantitative estimate of drug-likeness (QED) is 0.845. The smallest absolute Gasteiger partial charge is 0.164 e. The second kappa shape index (κ2) is 4.22. The molecule has 1 saturated carbocycles. The molecular weight excluding hydrogens is 214 g/mol. The van der Waals surface area contributed by atoms with Crippen molar-refractivity contribution in [3.63, 3.8) is 0 Å². The molecule has 1 aliphatic rings. The van der Waals surface area contributed by atoms with Crippen molar-refractivity contribution >= 4 is 0 Å². The van der Waals surface area contributed by atoms with Crippen molar-refractivity contribution in [2.24, 2.45) is 5.73 Å². The van der Waals surface area contributed by atoms with Crippen LogP contribution in [0.1, 0.15) is 36.0 Å². The van der Waals surface area contributed by atoms with Crippen LogP contribution in [0.4, 0.5) is 0 Å². The van der Waals surface area contributed by atoms with Crippen LogP contribution in [-0.2, 0) is 5.41 Å². The largest absolute Gasteiger partial charge is 0.504 e. The summed E-state index contributed by atoms with van der Waals surface area (Å²) in [4.78, 5) is 0. The SMILES string of the molecule is COc1c(C2(CN)CCC2)cc(C)c(C)c1O. The number of methoxy groups -OCH3 is 1. The van der Waals surface area contributed by atoms with Gasteiger partial charge in [0.15, 0.2) is 11.5 Å². The minimum atomic E-state index is 0.0152. The average Bonchev–Trinajstić information content (AvgIpc) is 2.26.